The quantitative estimate of drug-likeness (QED) is 0.468. The molecule has 1 aromatic rings. The highest BCUT2D eigenvalue weighted by atomic mass is 16.7. The predicted molar refractivity (Wildman–Crippen MR) is 136 cm³/mol. The number of amides is 5. The number of ether oxygens (including phenoxy) is 1. The van der Waals surface area contributed by atoms with Crippen LogP contribution in [0.4, 0.5) is 9.59 Å². The van der Waals surface area contributed by atoms with Crippen LogP contribution in [0.5, 0.6) is 0 Å². The van der Waals surface area contributed by atoms with Crippen LogP contribution in [0.2, 0.25) is 0 Å². The number of nitrogens with one attached hydrogen (secondary N) is 3. The maximum absolute atomic E-state index is 13.2. The first-order valence-electron chi connectivity index (χ1n) is 13.4. The zero-order valence-corrected chi connectivity index (χ0v) is 22.2. The molecule has 1 aromatic carbocycles. The fourth-order valence-corrected chi connectivity index (χ4v) is 5.75. The summed E-state index contributed by atoms with van der Waals surface area (Å²) in [5.74, 6) is -0.568. The molecule has 11 heteroatoms. The SMILES string of the molecule is CC(C)(C)OC(=O)NC1CC(CC(=O)NNC(=O)C2CC3(CC3)[C@@H]3CN2C(=O)N3OCc2ccccc2)C1. The molecular formula is C27H37N5O6. The van der Waals surface area contributed by atoms with Crippen molar-refractivity contribution in [3.05, 3.63) is 35.9 Å². The molecule has 2 bridgehead atoms. The number of benzene rings is 1. The first kappa shape index (κ1) is 26.3. The summed E-state index contributed by atoms with van der Waals surface area (Å²) in [6, 6.07) is 8.62. The number of fused-ring (bicyclic) bond motifs is 3. The van der Waals surface area contributed by atoms with Gasteiger partial charge in [0.15, 0.2) is 0 Å². The molecule has 1 spiro atoms. The topological polar surface area (TPSA) is 129 Å². The standard InChI is InChI=1S/C27H37N5O6/c1-26(2,3)38-24(35)28-19-11-18(12-19)13-22(33)29-30-23(34)20-14-27(9-10-27)21-15-31(20)25(36)32(21)37-16-17-7-5-4-6-8-17/h4-8,18-21H,9-16H2,1-3H3,(H,28,35)(H,29,33)(H,30,34)/t18?,19?,20?,21-/m0/s1. The third-order valence-electron chi connectivity index (χ3n) is 7.93. The van der Waals surface area contributed by atoms with E-state index in [1.807, 2.05) is 30.3 Å². The third kappa shape index (κ3) is 5.72. The van der Waals surface area contributed by atoms with Crippen molar-refractivity contribution in [3.8, 4) is 0 Å². The number of piperidine rings is 1. The number of hydrazine groups is 1. The van der Waals surface area contributed by atoms with Crippen LogP contribution in [-0.2, 0) is 25.8 Å². The van der Waals surface area contributed by atoms with Gasteiger partial charge in [-0.15, -0.1) is 0 Å². The van der Waals surface area contributed by atoms with E-state index in [0.717, 1.165) is 18.4 Å². The lowest BCUT2D eigenvalue weighted by Crippen LogP contribution is -2.56. The predicted octanol–water partition coefficient (Wildman–Crippen LogP) is 2.62. The Morgan fingerprint density at radius 3 is 2.45 bits per heavy atom. The van der Waals surface area contributed by atoms with E-state index in [4.69, 9.17) is 9.57 Å². The molecule has 5 rings (SSSR count). The van der Waals surface area contributed by atoms with Crippen molar-refractivity contribution >= 4 is 23.9 Å². The van der Waals surface area contributed by atoms with Gasteiger partial charge in [-0.25, -0.2) is 9.59 Å². The van der Waals surface area contributed by atoms with Crippen LogP contribution in [0.15, 0.2) is 30.3 Å². The second-order valence-corrected chi connectivity index (χ2v) is 12.0. The van der Waals surface area contributed by atoms with Crippen molar-refractivity contribution in [2.75, 3.05) is 6.54 Å². The van der Waals surface area contributed by atoms with Crippen molar-refractivity contribution in [1.82, 2.24) is 26.1 Å². The highest BCUT2D eigenvalue weighted by Crippen LogP contribution is 2.59. The van der Waals surface area contributed by atoms with Gasteiger partial charge >= 0.3 is 12.1 Å². The number of carbonyl (C=O) groups excluding carboxylic acids is 4. The van der Waals surface area contributed by atoms with Gasteiger partial charge in [-0.1, -0.05) is 30.3 Å². The molecule has 2 heterocycles. The molecule has 2 saturated heterocycles. The molecule has 2 aliphatic carbocycles. The number of hydroxylamine groups is 2. The smallest absolute Gasteiger partial charge is 0.407 e. The van der Waals surface area contributed by atoms with Crippen molar-refractivity contribution in [2.45, 2.75) is 89.6 Å². The summed E-state index contributed by atoms with van der Waals surface area (Å²) in [4.78, 5) is 58.0. The zero-order valence-electron chi connectivity index (χ0n) is 22.2. The van der Waals surface area contributed by atoms with Gasteiger partial charge in [0.2, 0.25) is 5.91 Å². The summed E-state index contributed by atoms with van der Waals surface area (Å²) in [5.41, 5.74) is 5.34. The fourth-order valence-electron chi connectivity index (χ4n) is 5.75. The van der Waals surface area contributed by atoms with Gasteiger partial charge in [-0.2, -0.15) is 5.06 Å². The average Bonchev–Trinajstić information content (AvgIpc) is 3.54. The van der Waals surface area contributed by atoms with E-state index in [9.17, 15) is 19.2 Å². The molecule has 4 fully saturated rings. The molecule has 206 valence electrons. The number of urea groups is 1. The second kappa shape index (κ2) is 10.1. The number of nitrogens with zero attached hydrogens (tertiary/aromatic N) is 2. The number of hydrogen-bond acceptors (Lipinski definition) is 6. The minimum absolute atomic E-state index is 0.0182. The van der Waals surface area contributed by atoms with E-state index in [-0.39, 0.29) is 54.3 Å². The lowest BCUT2D eigenvalue weighted by atomic mass is 9.78. The Morgan fingerprint density at radius 1 is 1.08 bits per heavy atom. The molecule has 2 aliphatic heterocycles. The Kier molecular flexibility index (Phi) is 6.97. The summed E-state index contributed by atoms with van der Waals surface area (Å²) < 4.78 is 5.26. The number of rotatable bonds is 7. The van der Waals surface area contributed by atoms with Gasteiger partial charge in [0.05, 0.1) is 6.04 Å². The summed E-state index contributed by atoms with van der Waals surface area (Å²) in [6.45, 7) is 6.14. The van der Waals surface area contributed by atoms with Crippen LogP contribution >= 0.6 is 0 Å². The van der Waals surface area contributed by atoms with Crippen LogP contribution < -0.4 is 16.2 Å². The van der Waals surface area contributed by atoms with Crippen molar-refractivity contribution in [1.29, 1.82) is 0 Å². The van der Waals surface area contributed by atoms with E-state index >= 15 is 0 Å². The molecule has 0 aromatic heterocycles. The summed E-state index contributed by atoms with van der Waals surface area (Å²) in [6.07, 6.45) is 3.58. The van der Waals surface area contributed by atoms with E-state index in [0.29, 0.717) is 25.8 Å². The Balaban J connectivity index is 1.07. The lowest BCUT2D eigenvalue weighted by Gasteiger charge is -2.36. The third-order valence-corrected chi connectivity index (χ3v) is 7.93. The first-order chi connectivity index (χ1) is 18.0. The molecule has 2 saturated carbocycles. The van der Waals surface area contributed by atoms with Gasteiger partial charge in [-0.05, 0) is 69.8 Å². The van der Waals surface area contributed by atoms with E-state index in [1.165, 1.54) is 5.06 Å². The van der Waals surface area contributed by atoms with Crippen LogP contribution in [0.25, 0.3) is 0 Å². The van der Waals surface area contributed by atoms with Crippen molar-refractivity contribution in [3.63, 3.8) is 0 Å². The summed E-state index contributed by atoms with van der Waals surface area (Å²) in [7, 11) is 0. The van der Waals surface area contributed by atoms with E-state index in [1.54, 1.807) is 25.7 Å². The molecular weight excluding hydrogens is 490 g/mol. The highest BCUT2D eigenvalue weighted by Gasteiger charge is 2.64. The van der Waals surface area contributed by atoms with Gasteiger partial charge in [0, 0.05) is 19.0 Å². The zero-order chi connectivity index (χ0) is 27.1. The number of alkyl carbamates (subject to hydrolysis) is 1. The first-order valence-corrected chi connectivity index (χ1v) is 13.4. The summed E-state index contributed by atoms with van der Waals surface area (Å²) in [5, 5.41) is 4.27. The van der Waals surface area contributed by atoms with Gasteiger partial charge in [0.1, 0.15) is 18.2 Å². The van der Waals surface area contributed by atoms with Gasteiger partial charge in [-0.3, -0.25) is 25.3 Å². The lowest BCUT2D eigenvalue weighted by molar-refractivity contribution is -0.153. The highest BCUT2D eigenvalue weighted by molar-refractivity contribution is 5.90. The molecule has 5 amide bonds. The largest absolute Gasteiger partial charge is 0.444 e. The Hall–Kier alpha value is -3.34. The van der Waals surface area contributed by atoms with E-state index in [2.05, 4.69) is 16.2 Å². The van der Waals surface area contributed by atoms with Crippen molar-refractivity contribution in [2.24, 2.45) is 11.3 Å². The molecule has 1 unspecified atom stereocenters. The van der Waals surface area contributed by atoms with Crippen LogP contribution in [-0.4, -0.2) is 64.2 Å². The van der Waals surface area contributed by atoms with Crippen LogP contribution in [0, 0.1) is 11.3 Å². The minimum atomic E-state index is -0.655. The monoisotopic (exact) mass is 527 g/mol. The molecule has 4 aliphatic rings. The summed E-state index contributed by atoms with van der Waals surface area (Å²) >= 11 is 0. The molecule has 3 N–H and O–H groups in total. The number of carbonyl (C=O) groups is 4. The molecule has 38 heavy (non-hydrogen) atoms. The molecule has 11 nitrogen and oxygen atoms in total. The van der Waals surface area contributed by atoms with Gasteiger partial charge in [0.25, 0.3) is 5.91 Å². The number of hydrogen-bond donors (Lipinski definition) is 3. The average molecular weight is 528 g/mol. The Morgan fingerprint density at radius 2 is 1.79 bits per heavy atom. The van der Waals surface area contributed by atoms with Crippen molar-refractivity contribution < 1.29 is 28.8 Å². The normalized spacial score (nSPS) is 27.0. The molecule has 2 atom stereocenters. The van der Waals surface area contributed by atoms with E-state index < -0.39 is 17.7 Å². The van der Waals surface area contributed by atoms with Gasteiger partial charge < -0.3 is 15.0 Å². The second-order valence-electron chi connectivity index (χ2n) is 12.0. The van der Waals surface area contributed by atoms with Crippen LogP contribution in [0.1, 0.15) is 64.9 Å². The Bertz CT molecular complexity index is 1080. The van der Waals surface area contributed by atoms with Crippen LogP contribution in [0.3, 0.4) is 0 Å². The minimum Gasteiger partial charge on any atom is -0.444 e. The Labute approximate surface area is 222 Å². The maximum atomic E-state index is 13.2. The maximum Gasteiger partial charge on any atom is 0.407 e. The molecule has 0 radical (unpaired) electrons. The fraction of sp³-hybridized carbons (Fsp3) is 0.630.